The molecule has 0 aromatic heterocycles. The van der Waals surface area contributed by atoms with Crippen molar-refractivity contribution in [2.45, 2.75) is 39.3 Å². The minimum atomic E-state index is -0.528. The fourth-order valence-electron chi connectivity index (χ4n) is 0.395. The molecule has 1 atom stereocenters. The number of rotatable bonds is 1. The molecule has 2 N–H and O–H groups in total. The summed E-state index contributed by atoms with van der Waals surface area (Å²) in [5, 5.41) is 0. The van der Waals surface area contributed by atoms with Gasteiger partial charge in [0.05, 0.1) is 0 Å². The lowest BCUT2D eigenvalue weighted by Crippen LogP contribution is -2.35. The summed E-state index contributed by atoms with van der Waals surface area (Å²) in [6.45, 7) is 7.04. The number of carbonyl (C=O) groups excluding carboxylic acids is 1. The number of nitrogens with two attached hydrogens (primary N) is 1. The Morgan fingerprint density at radius 3 is 2.00 bits per heavy atom. The minimum Gasteiger partial charge on any atom is -0.459 e. The molecule has 0 spiro atoms. The van der Waals surface area contributed by atoms with E-state index in [-0.39, 0.29) is 5.97 Å². The van der Waals surface area contributed by atoms with Gasteiger partial charge in [0.15, 0.2) is 0 Å². The summed E-state index contributed by atoms with van der Waals surface area (Å²) < 4.78 is 4.94. The van der Waals surface area contributed by atoms with Crippen LogP contribution in [0, 0.1) is 0 Å². The zero-order valence-corrected chi connectivity index (χ0v) is 6.97. The summed E-state index contributed by atoms with van der Waals surface area (Å²) in [6, 6.07) is -0.528. The first-order valence-corrected chi connectivity index (χ1v) is 3.31. The minimum absolute atomic E-state index is 0.354. The van der Waals surface area contributed by atoms with E-state index < -0.39 is 11.6 Å². The number of hydrogen-bond donors (Lipinski definition) is 1. The van der Waals surface area contributed by atoms with Crippen molar-refractivity contribution in [2.24, 2.45) is 5.73 Å². The Balaban J connectivity index is 3.81. The molecule has 1 unspecified atom stereocenters. The predicted molar refractivity (Wildman–Crippen MR) is 39.5 cm³/mol. The van der Waals surface area contributed by atoms with Gasteiger partial charge >= 0.3 is 5.97 Å². The average molecular weight is 144 g/mol. The van der Waals surface area contributed by atoms with Crippen LogP contribution < -0.4 is 5.73 Å². The molecule has 0 aromatic carbocycles. The SMILES string of the molecule is CC(C)(C)OC(=O)C([11CH3])N. The van der Waals surface area contributed by atoms with Crippen LogP contribution in [0.2, 0.25) is 0 Å². The Kier molecular flexibility index (Phi) is 2.84. The van der Waals surface area contributed by atoms with Crippen molar-refractivity contribution in [1.29, 1.82) is 0 Å². The monoisotopic (exact) mass is 144 g/mol. The van der Waals surface area contributed by atoms with Crippen molar-refractivity contribution in [3.63, 3.8) is 0 Å². The summed E-state index contributed by atoms with van der Waals surface area (Å²) in [5.41, 5.74) is 4.84. The zero-order chi connectivity index (χ0) is 8.36. The summed E-state index contributed by atoms with van der Waals surface area (Å²) >= 11 is 0. The maximum atomic E-state index is 10.8. The van der Waals surface area contributed by atoms with Crippen molar-refractivity contribution in [3.05, 3.63) is 0 Å². The third-order valence-electron chi connectivity index (χ3n) is 0.779. The number of hydrogen-bond acceptors (Lipinski definition) is 3. The smallest absolute Gasteiger partial charge is 0.323 e. The summed E-state index contributed by atoms with van der Waals surface area (Å²) in [6.07, 6.45) is 0. The second-order valence-corrected chi connectivity index (χ2v) is 3.32. The Bertz CT molecular complexity index is 124. The van der Waals surface area contributed by atoms with Crippen LogP contribution in [0.15, 0.2) is 0 Å². The molecule has 0 radical (unpaired) electrons. The van der Waals surface area contributed by atoms with Crippen LogP contribution in [0.4, 0.5) is 0 Å². The second-order valence-electron chi connectivity index (χ2n) is 3.32. The third kappa shape index (κ3) is 4.32. The Morgan fingerprint density at radius 2 is 1.90 bits per heavy atom. The topological polar surface area (TPSA) is 52.3 Å². The first-order valence-electron chi connectivity index (χ1n) is 3.31. The Hall–Kier alpha value is -0.570. The fourth-order valence-corrected chi connectivity index (χ4v) is 0.395. The van der Waals surface area contributed by atoms with Gasteiger partial charge in [-0.2, -0.15) is 0 Å². The number of carbonyl (C=O) groups is 1. The van der Waals surface area contributed by atoms with E-state index in [2.05, 4.69) is 0 Å². The van der Waals surface area contributed by atoms with Gasteiger partial charge in [-0.3, -0.25) is 4.79 Å². The Labute approximate surface area is 61.5 Å². The molecule has 0 aromatic rings. The second kappa shape index (κ2) is 3.01. The molecule has 3 heteroatoms. The predicted octanol–water partition coefficient (Wildman–Crippen LogP) is 0.675. The first-order chi connectivity index (χ1) is 4.33. The van der Waals surface area contributed by atoms with Gasteiger partial charge in [-0.15, -0.1) is 0 Å². The molecule has 0 saturated carbocycles. The van der Waals surface area contributed by atoms with E-state index in [4.69, 9.17) is 10.5 Å². The standard InChI is InChI=1S/C7H15NO2/c1-5(8)6(9)10-7(2,3)4/h5H,8H2,1-4H3/i1-1. The molecule has 0 saturated heterocycles. The van der Waals surface area contributed by atoms with E-state index in [0.29, 0.717) is 0 Å². The molecule has 10 heavy (non-hydrogen) atoms. The number of ether oxygens (including phenoxy) is 1. The van der Waals surface area contributed by atoms with Gasteiger partial charge in [0.2, 0.25) is 0 Å². The van der Waals surface area contributed by atoms with Crippen molar-refractivity contribution < 1.29 is 9.53 Å². The van der Waals surface area contributed by atoms with E-state index in [1.165, 1.54) is 0 Å². The van der Waals surface area contributed by atoms with Gasteiger partial charge in [-0.25, -0.2) is 0 Å². The van der Waals surface area contributed by atoms with Crippen LogP contribution in [-0.2, 0) is 9.53 Å². The number of esters is 1. The molecule has 0 bridgehead atoms. The average Bonchev–Trinajstić information content (AvgIpc) is 1.60. The molecule has 0 rings (SSSR count). The van der Waals surface area contributed by atoms with Gasteiger partial charge in [0, 0.05) is 0 Å². The zero-order valence-electron chi connectivity index (χ0n) is 6.97. The molecule has 3 nitrogen and oxygen atoms in total. The molecular weight excluding hydrogens is 129 g/mol. The lowest BCUT2D eigenvalue weighted by molar-refractivity contribution is -0.155. The van der Waals surface area contributed by atoms with Crippen LogP contribution in [0.3, 0.4) is 0 Å². The van der Waals surface area contributed by atoms with Gasteiger partial charge in [0.1, 0.15) is 11.6 Å². The molecule has 0 heterocycles. The van der Waals surface area contributed by atoms with E-state index in [1.54, 1.807) is 6.92 Å². The van der Waals surface area contributed by atoms with Gasteiger partial charge in [-0.1, -0.05) is 0 Å². The van der Waals surface area contributed by atoms with E-state index in [0.717, 1.165) is 0 Å². The van der Waals surface area contributed by atoms with Gasteiger partial charge in [0.25, 0.3) is 0 Å². The molecule has 0 aliphatic rings. The normalized spacial score (nSPS) is 14.5. The molecular formula is C7H15NO2. The van der Waals surface area contributed by atoms with Crippen molar-refractivity contribution in [3.8, 4) is 0 Å². The third-order valence-corrected chi connectivity index (χ3v) is 0.779. The highest BCUT2D eigenvalue weighted by Crippen LogP contribution is 2.07. The molecule has 0 aliphatic heterocycles. The van der Waals surface area contributed by atoms with Crippen molar-refractivity contribution in [1.82, 2.24) is 0 Å². The highest BCUT2D eigenvalue weighted by atomic mass is 16.6. The van der Waals surface area contributed by atoms with Crippen LogP contribution in [0.5, 0.6) is 0 Å². The van der Waals surface area contributed by atoms with E-state index in [9.17, 15) is 4.79 Å². The van der Waals surface area contributed by atoms with Crippen molar-refractivity contribution >= 4 is 5.97 Å². The first kappa shape index (κ1) is 9.43. The van der Waals surface area contributed by atoms with Crippen LogP contribution >= 0.6 is 0 Å². The van der Waals surface area contributed by atoms with E-state index >= 15 is 0 Å². The van der Waals surface area contributed by atoms with Gasteiger partial charge < -0.3 is 10.5 Å². The lowest BCUT2D eigenvalue weighted by Gasteiger charge is -2.20. The van der Waals surface area contributed by atoms with Crippen LogP contribution in [0.1, 0.15) is 27.7 Å². The largest absolute Gasteiger partial charge is 0.459 e. The molecule has 0 amide bonds. The highest BCUT2D eigenvalue weighted by molar-refractivity contribution is 5.75. The maximum absolute atomic E-state index is 10.8. The quantitative estimate of drug-likeness (QED) is 0.550. The van der Waals surface area contributed by atoms with Crippen LogP contribution in [0.25, 0.3) is 0 Å². The maximum Gasteiger partial charge on any atom is 0.323 e. The molecule has 0 fully saturated rings. The molecule has 0 aliphatic carbocycles. The summed E-state index contributed by atoms with van der Waals surface area (Å²) in [5.74, 6) is -0.354. The Morgan fingerprint density at radius 1 is 1.50 bits per heavy atom. The van der Waals surface area contributed by atoms with E-state index in [1.807, 2.05) is 20.8 Å². The van der Waals surface area contributed by atoms with Crippen molar-refractivity contribution in [2.75, 3.05) is 0 Å². The highest BCUT2D eigenvalue weighted by Gasteiger charge is 2.18. The lowest BCUT2D eigenvalue weighted by atomic mass is 10.1. The summed E-state index contributed by atoms with van der Waals surface area (Å²) in [4.78, 5) is 10.8. The summed E-state index contributed by atoms with van der Waals surface area (Å²) in [7, 11) is 0. The van der Waals surface area contributed by atoms with Gasteiger partial charge in [-0.05, 0) is 27.7 Å². The van der Waals surface area contributed by atoms with Crippen LogP contribution in [-0.4, -0.2) is 17.6 Å². The fraction of sp³-hybridized carbons (Fsp3) is 0.857. The molecule has 60 valence electrons.